The van der Waals surface area contributed by atoms with E-state index >= 15 is 0 Å². The summed E-state index contributed by atoms with van der Waals surface area (Å²) >= 11 is 3.65. The van der Waals surface area contributed by atoms with Crippen molar-refractivity contribution in [2.75, 3.05) is 11.4 Å². The Morgan fingerprint density at radius 2 is 1.95 bits per heavy atom. The summed E-state index contributed by atoms with van der Waals surface area (Å²) in [5.41, 5.74) is 4.81. The highest BCUT2D eigenvalue weighted by Crippen LogP contribution is 2.38. The van der Waals surface area contributed by atoms with Gasteiger partial charge in [0.2, 0.25) is 0 Å². The van der Waals surface area contributed by atoms with Crippen LogP contribution in [0.5, 0.6) is 0 Å². The minimum Gasteiger partial charge on any atom is -0.389 e. The molecule has 0 aromatic heterocycles. The van der Waals surface area contributed by atoms with Crippen molar-refractivity contribution in [3.63, 3.8) is 0 Å². The molecular weight excluding hydrogens is 314 g/mol. The van der Waals surface area contributed by atoms with Gasteiger partial charge in [-0.25, -0.2) is 0 Å². The van der Waals surface area contributed by atoms with Crippen LogP contribution >= 0.6 is 15.9 Å². The molecule has 0 spiro atoms. The lowest BCUT2D eigenvalue weighted by Crippen LogP contribution is -2.24. The second-order valence-corrected chi connectivity index (χ2v) is 6.13. The fraction of sp³-hybridized carbons (Fsp3) is 0.294. The van der Waals surface area contributed by atoms with Crippen molar-refractivity contribution in [1.82, 2.24) is 0 Å². The topological polar surface area (TPSA) is 23.5 Å². The number of fused-ring (bicyclic) bond motifs is 1. The second-order valence-electron chi connectivity index (χ2n) is 5.27. The first-order chi connectivity index (χ1) is 9.66. The minimum atomic E-state index is -0.436. The van der Waals surface area contributed by atoms with Crippen LogP contribution in [0.25, 0.3) is 0 Å². The molecule has 3 rings (SSSR count). The number of rotatable bonds is 2. The Bertz CT molecular complexity index is 624. The summed E-state index contributed by atoms with van der Waals surface area (Å²) in [6.07, 6.45) is 1.88. The van der Waals surface area contributed by atoms with Crippen LogP contribution < -0.4 is 4.90 Å². The van der Waals surface area contributed by atoms with Crippen LogP contribution in [0.2, 0.25) is 0 Å². The number of halogens is 1. The fourth-order valence-electron chi connectivity index (χ4n) is 2.79. The van der Waals surface area contributed by atoms with Crippen molar-refractivity contribution >= 4 is 27.3 Å². The number of nitrogens with zero attached hydrogens (tertiary/aromatic N) is 1. The minimum absolute atomic E-state index is 0.436. The molecule has 0 radical (unpaired) electrons. The van der Waals surface area contributed by atoms with Gasteiger partial charge in [-0.15, -0.1) is 0 Å². The van der Waals surface area contributed by atoms with Gasteiger partial charge in [0.25, 0.3) is 0 Å². The zero-order chi connectivity index (χ0) is 14.1. The number of anilines is 2. The largest absolute Gasteiger partial charge is 0.389 e. The highest BCUT2D eigenvalue weighted by molar-refractivity contribution is 9.10. The zero-order valence-electron chi connectivity index (χ0n) is 11.5. The Morgan fingerprint density at radius 1 is 1.15 bits per heavy atom. The fourth-order valence-corrected chi connectivity index (χ4v) is 3.40. The summed E-state index contributed by atoms with van der Waals surface area (Å²) in [7, 11) is 0. The van der Waals surface area contributed by atoms with Crippen molar-refractivity contribution in [3.05, 3.63) is 58.1 Å². The number of aliphatic hydroxyl groups excluding tert-OH is 1. The molecule has 2 nitrogen and oxygen atoms in total. The average Bonchev–Trinajstić information content (AvgIpc) is 2.46. The molecule has 0 unspecified atom stereocenters. The number of hydrogen-bond acceptors (Lipinski definition) is 2. The maximum Gasteiger partial charge on any atom is 0.0762 e. The van der Waals surface area contributed by atoms with Gasteiger partial charge in [0.1, 0.15) is 0 Å². The lowest BCUT2D eigenvalue weighted by molar-refractivity contribution is 0.199. The van der Waals surface area contributed by atoms with E-state index in [1.807, 2.05) is 12.1 Å². The monoisotopic (exact) mass is 331 g/mol. The maximum absolute atomic E-state index is 9.67. The lowest BCUT2D eigenvalue weighted by Gasteiger charge is -2.32. The van der Waals surface area contributed by atoms with Gasteiger partial charge < -0.3 is 10.0 Å². The number of benzene rings is 2. The molecule has 3 heteroatoms. The molecule has 0 saturated carbocycles. The Balaban J connectivity index is 2.02. The third-order valence-electron chi connectivity index (χ3n) is 3.86. The molecule has 1 aliphatic rings. The highest BCUT2D eigenvalue weighted by atomic mass is 79.9. The SMILES string of the molecule is C[C@H](O)c1ccc(N2CCCc3ccccc32)c(Br)c1. The Morgan fingerprint density at radius 3 is 2.70 bits per heavy atom. The molecular formula is C17H18BrNO. The molecule has 2 aromatic rings. The Hall–Kier alpha value is -1.32. The van der Waals surface area contributed by atoms with Crippen LogP contribution in [0.1, 0.15) is 30.6 Å². The standard InChI is InChI=1S/C17H18BrNO/c1-12(20)14-8-9-17(15(18)11-14)19-10-4-6-13-5-2-3-7-16(13)19/h2-3,5,7-9,11-12,20H,4,6,10H2,1H3/t12-/m0/s1. The predicted octanol–water partition coefficient (Wildman–Crippen LogP) is 4.59. The van der Waals surface area contributed by atoms with Crippen LogP contribution in [-0.4, -0.2) is 11.7 Å². The maximum atomic E-state index is 9.67. The Kier molecular flexibility index (Phi) is 3.81. The first-order valence-electron chi connectivity index (χ1n) is 7.00. The van der Waals surface area contributed by atoms with Crippen molar-refractivity contribution in [2.45, 2.75) is 25.9 Å². The average molecular weight is 332 g/mol. The van der Waals surface area contributed by atoms with Gasteiger partial charge in [-0.05, 0) is 65.0 Å². The smallest absolute Gasteiger partial charge is 0.0762 e. The van der Waals surface area contributed by atoms with Gasteiger partial charge in [0, 0.05) is 16.7 Å². The van der Waals surface area contributed by atoms with Crippen LogP contribution in [-0.2, 0) is 6.42 Å². The molecule has 0 aliphatic carbocycles. The number of hydrogen-bond donors (Lipinski definition) is 1. The molecule has 0 saturated heterocycles. The van der Waals surface area contributed by atoms with Crippen molar-refractivity contribution in [1.29, 1.82) is 0 Å². The quantitative estimate of drug-likeness (QED) is 0.870. The summed E-state index contributed by atoms with van der Waals surface area (Å²) in [5, 5.41) is 9.67. The van der Waals surface area contributed by atoms with E-state index in [4.69, 9.17) is 0 Å². The molecule has 104 valence electrons. The first-order valence-corrected chi connectivity index (χ1v) is 7.79. The molecule has 0 amide bonds. The van der Waals surface area contributed by atoms with E-state index in [0.29, 0.717) is 0 Å². The van der Waals surface area contributed by atoms with E-state index in [2.05, 4.69) is 51.2 Å². The van der Waals surface area contributed by atoms with Gasteiger partial charge in [-0.3, -0.25) is 0 Å². The van der Waals surface area contributed by atoms with E-state index in [0.717, 1.165) is 23.0 Å². The van der Waals surface area contributed by atoms with Gasteiger partial charge in [0.15, 0.2) is 0 Å². The summed E-state index contributed by atoms with van der Waals surface area (Å²) in [5.74, 6) is 0. The molecule has 20 heavy (non-hydrogen) atoms. The normalized spacial score (nSPS) is 15.8. The van der Waals surface area contributed by atoms with Gasteiger partial charge in [-0.1, -0.05) is 24.3 Å². The molecule has 1 aliphatic heterocycles. The summed E-state index contributed by atoms with van der Waals surface area (Å²) < 4.78 is 1.03. The molecule has 2 aromatic carbocycles. The molecule has 1 heterocycles. The second kappa shape index (κ2) is 5.58. The van der Waals surface area contributed by atoms with Crippen LogP contribution in [0.4, 0.5) is 11.4 Å². The predicted molar refractivity (Wildman–Crippen MR) is 86.5 cm³/mol. The van der Waals surface area contributed by atoms with E-state index in [9.17, 15) is 5.11 Å². The van der Waals surface area contributed by atoms with Crippen LogP contribution in [0.15, 0.2) is 46.9 Å². The summed E-state index contributed by atoms with van der Waals surface area (Å²) in [6.45, 7) is 2.82. The van der Waals surface area contributed by atoms with Crippen molar-refractivity contribution < 1.29 is 5.11 Å². The van der Waals surface area contributed by atoms with Crippen LogP contribution in [0, 0.1) is 0 Å². The lowest BCUT2D eigenvalue weighted by atomic mass is 10.0. The van der Waals surface area contributed by atoms with Gasteiger partial charge in [0.05, 0.1) is 11.8 Å². The first kappa shape index (κ1) is 13.7. The van der Waals surface area contributed by atoms with Crippen molar-refractivity contribution in [3.8, 4) is 0 Å². The van der Waals surface area contributed by atoms with E-state index in [1.54, 1.807) is 6.92 Å². The number of aryl methyl sites for hydroxylation is 1. The molecule has 0 bridgehead atoms. The van der Waals surface area contributed by atoms with Gasteiger partial charge in [-0.2, -0.15) is 0 Å². The summed E-state index contributed by atoms with van der Waals surface area (Å²) in [6, 6.07) is 14.7. The molecule has 1 atom stereocenters. The molecule has 1 N–H and O–H groups in total. The van der Waals surface area contributed by atoms with E-state index < -0.39 is 6.10 Å². The zero-order valence-corrected chi connectivity index (χ0v) is 13.1. The summed E-state index contributed by atoms with van der Waals surface area (Å²) in [4.78, 5) is 2.36. The third kappa shape index (κ3) is 2.48. The molecule has 0 fully saturated rings. The van der Waals surface area contributed by atoms with Gasteiger partial charge >= 0.3 is 0 Å². The number of para-hydroxylation sites is 1. The third-order valence-corrected chi connectivity index (χ3v) is 4.49. The Labute approximate surface area is 128 Å². The highest BCUT2D eigenvalue weighted by Gasteiger charge is 2.19. The van der Waals surface area contributed by atoms with E-state index in [-0.39, 0.29) is 0 Å². The van der Waals surface area contributed by atoms with E-state index in [1.165, 1.54) is 23.4 Å². The van der Waals surface area contributed by atoms with Crippen molar-refractivity contribution in [2.24, 2.45) is 0 Å². The van der Waals surface area contributed by atoms with Crippen LogP contribution in [0.3, 0.4) is 0 Å². The number of aliphatic hydroxyl groups is 1.